The molecule has 0 aliphatic heterocycles. The number of allylic oxidation sites excluding steroid dienone is 1. The third kappa shape index (κ3) is 6.61. The Labute approximate surface area is 248 Å². The van der Waals surface area contributed by atoms with Gasteiger partial charge >= 0.3 is 0 Å². The van der Waals surface area contributed by atoms with Crippen molar-refractivity contribution in [1.82, 2.24) is 0 Å². The molecule has 0 spiro atoms. The van der Waals surface area contributed by atoms with Gasteiger partial charge in [0, 0.05) is 11.1 Å². The first kappa shape index (κ1) is 30.4. The van der Waals surface area contributed by atoms with E-state index in [4.69, 9.17) is 4.74 Å². The van der Waals surface area contributed by atoms with E-state index in [0.29, 0.717) is 35.6 Å². The fraction of sp³-hybridized carbons (Fsp3) is 0.459. The van der Waals surface area contributed by atoms with E-state index in [9.17, 15) is 8.78 Å². The molecule has 224 valence electrons. The summed E-state index contributed by atoms with van der Waals surface area (Å²) in [5, 5.41) is 0. The van der Waals surface area contributed by atoms with Crippen LogP contribution in [0.4, 0.5) is 17.6 Å². The van der Waals surface area contributed by atoms with Crippen molar-refractivity contribution in [3.63, 3.8) is 0 Å². The van der Waals surface area contributed by atoms with Crippen LogP contribution in [0, 0.1) is 41.0 Å². The van der Waals surface area contributed by atoms with Crippen molar-refractivity contribution in [3.05, 3.63) is 90.0 Å². The smallest absolute Gasteiger partial charge is 0.201 e. The summed E-state index contributed by atoms with van der Waals surface area (Å²) in [6.45, 7) is 6.03. The van der Waals surface area contributed by atoms with Gasteiger partial charge in [0.2, 0.25) is 5.82 Å². The van der Waals surface area contributed by atoms with Crippen LogP contribution < -0.4 is 4.74 Å². The van der Waals surface area contributed by atoms with Crippen molar-refractivity contribution in [2.24, 2.45) is 17.8 Å². The van der Waals surface area contributed by atoms with Crippen LogP contribution >= 0.6 is 0 Å². The van der Waals surface area contributed by atoms with Crippen molar-refractivity contribution in [2.45, 2.75) is 83.5 Å². The Balaban J connectivity index is 1.23. The van der Waals surface area contributed by atoms with Crippen LogP contribution in [0.1, 0.15) is 89.0 Å². The highest BCUT2D eigenvalue weighted by atomic mass is 19.2. The van der Waals surface area contributed by atoms with Gasteiger partial charge in [-0.15, -0.1) is 6.58 Å². The molecule has 0 bridgehead atoms. The van der Waals surface area contributed by atoms with E-state index >= 15 is 8.78 Å². The van der Waals surface area contributed by atoms with Gasteiger partial charge in [0.25, 0.3) is 0 Å². The summed E-state index contributed by atoms with van der Waals surface area (Å²) in [6, 6.07) is 12.7. The molecule has 0 saturated heterocycles. The Kier molecular flexibility index (Phi) is 10.1. The molecule has 2 aliphatic carbocycles. The molecule has 3 aromatic rings. The molecule has 2 fully saturated rings. The Morgan fingerprint density at radius 1 is 0.690 bits per heavy atom. The monoisotopic (exact) mass is 578 g/mol. The van der Waals surface area contributed by atoms with Gasteiger partial charge < -0.3 is 4.74 Å². The highest BCUT2D eigenvalue weighted by molar-refractivity contribution is 5.72. The minimum absolute atomic E-state index is 0.0401. The number of hydrogen-bond donors (Lipinski definition) is 0. The summed E-state index contributed by atoms with van der Waals surface area (Å²) in [7, 11) is 0. The zero-order valence-corrected chi connectivity index (χ0v) is 24.6. The third-order valence-corrected chi connectivity index (χ3v) is 9.68. The van der Waals surface area contributed by atoms with E-state index in [1.54, 1.807) is 36.4 Å². The van der Waals surface area contributed by atoms with Crippen molar-refractivity contribution >= 4 is 0 Å². The molecule has 3 aromatic carbocycles. The van der Waals surface area contributed by atoms with E-state index in [1.165, 1.54) is 44.2 Å². The summed E-state index contributed by atoms with van der Waals surface area (Å²) in [5.74, 6) is -1.42. The fourth-order valence-electron chi connectivity index (χ4n) is 7.21. The number of rotatable bonds is 10. The fourth-order valence-corrected chi connectivity index (χ4v) is 7.21. The first-order chi connectivity index (χ1) is 20.4. The van der Waals surface area contributed by atoms with Crippen molar-refractivity contribution in [2.75, 3.05) is 6.61 Å². The van der Waals surface area contributed by atoms with Gasteiger partial charge in [-0.3, -0.25) is 0 Å². The van der Waals surface area contributed by atoms with Gasteiger partial charge in [-0.05, 0) is 110 Å². The van der Waals surface area contributed by atoms with Crippen LogP contribution in [0.5, 0.6) is 5.75 Å². The molecule has 0 N–H and O–H groups in total. The lowest BCUT2D eigenvalue weighted by Crippen LogP contribution is -2.25. The Hall–Kier alpha value is -3.08. The summed E-state index contributed by atoms with van der Waals surface area (Å²) < 4.78 is 65.3. The van der Waals surface area contributed by atoms with Crippen molar-refractivity contribution in [1.29, 1.82) is 0 Å². The number of halogens is 4. The van der Waals surface area contributed by atoms with Gasteiger partial charge in [-0.1, -0.05) is 62.2 Å². The van der Waals surface area contributed by atoms with Gasteiger partial charge in [0.15, 0.2) is 23.2 Å². The zero-order chi connectivity index (χ0) is 29.6. The molecule has 2 aliphatic rings. The molecule has 1 nitrogen and oxygen atoms in total. The molecule has 0 aromatic heterocycles. The summed E-state index contributed by atoms with van der Waals surface area (Å²) in [5.41, 5.74) is 1.65. The summed E-state index contributed by atoms with van der Waals surface area (Å²) in [6.07, 6.45) is 14.3. The van der Waals surface area contributed by atoms with E-state index in [0.717, 1.165) is 43.9 Å². The second kappa shape index (κ2) is 13.9. The number of benzene rings is 3. The Morgan fingerprint density at radius 3 is 1.81 bits per heavy atom. The quantitative estimate of drug-likeness (QED) is 0.172. The maximum Gasteiger partial charge on any atom is 0.201 e. The van der Waals surface area contributed by atoms with Gasteiger partial charge in [-0.2, -0.15) is 4.39 Å². The molecule has 0 heterocycles. The predicted octanol–water partition coefficient (Wildman–Crippen LogP) is 11.4. The molecule has 5 rings (SSSR count). The van der Waals surface area contributed by atoms with Crippen LogP contribution in [0.2, 0.25) is 0 Å². The number of hydrogen-bond acceptors (Lipinski definition) is 1. The Morgan fingerprint density at radius 2 is 1.24 bits per heavy atom. The van der Waals surface area contributed by atoms with Crippen molar-refractivity contribution < 1.29 is 22.3 Å². The Bertz CT molecular complexity index is 1350. The summed E-state index contributed by atoms with van der Waals surface area (Å²) >= 11 is 0. The number of ether oxygens (including phenoxy) is 1. The van der Waals surface area contributed by atoms with E-state index in [2.05, 4.69) is 6.58 Å². The van der Waals surface area contributed by atoms with Crippen molar-refractivity contribution in [3.8, 4) is 28.0 Å². The lowest BCUT2D eigenvalue weighted by Gasteiger charge is -2.38. The minimum atomic E-state index is -1.03. The van der Waals surface area contributed by atoms with E-state index in [-0.39, 0.29) is 22.8 Å². The first-order valence-corrected chi connectivity index (χ1v) is 15.7. The SMILES string of the molecule is C=CCCC1CCC(C2CCC(c3ccc(-c4ccc(-c5ccc(OCCC)c(F)c5F)cc4)c(F)c3F)CC2)CC1. The standard InChI is InChI=1S/C37H42F4O/c1-3-5-6-24-7-9-25(10-8-24)26-11-13-27(14-12-26)30-19-20-31(35(39)34(30)38)28-15-17-29(18-16-28)32-21-22-33(42-23-4-2)37(41)36(32)40/h3,15-22,24-27H,1,4-14,23H2,2H3. The van der Waals surface area contributed by atoms with Crippen LogP contribution in [-0.2, 0) is 0 Å². The minimum Gasteiger partial charge on any atom is -0.490 e. The van der Waals surface area contributed by atoms with Crippen LogP contribution in [0.3, 0.4) is 0 Å². The van der Waals surface area contributed by atoms with Gasteiger partial charge in [-0.25, -0.2) is 13.2 Å². The second-order valence-corrected chi connectivity index (χ2v) is 12.3. The van der Waals surface area contributed by atoms with Crippen LogP contribution in [0.25, 0.3) is 22.3 Å². The summed E-state index contributed by atoms with van der Waals surface area (Å²) in [4.78, 5) is 0. The molecule has 42 heavy (non-hydrogen) atoms. The molecular weight excluding hydrogens is 536 g/mol. The average Bonchev–Trinajstić information content (AvgIpc) is 3.03. The van der Waals surface area contributed by atoms with E-state index < -0.39 is 23.3 Å². The topological polar surface area (TPSA) is 9.23 Å². The maximum atomic E-state index is 15.4. The predicted molar refractivity (Wildman–Crippen MR) is 163 cm³/mol. The molecule has 0 radical (unpaired) electrons. The largest absolute Gasteiger partial charge is 0.490 e. The second-order valence-electron chi connectivity index (χ2n) is 12.3. The molecule has 0 unspecified atom stereocenters. The molecular formula is C37H42F4O. The normalized spacial score (nSPS) is 22.6. The lowest BCUT2D eigenvalue weighted by molar-refractivity contribution is 0.156. The zero-order valence-electron chi connectivity index (χ0n) is 24.6. The van der Waals surface area contributed by atoms with Gasteiger partial charge in [0.05, 0.1) is 6.61 Å². The molecule has 0 amide bonds. The van der Waals surface area contributed by atoms with Crippen LogP contribution in [-0.4, -0.2) is 6.61 Å². The molecule has 5 heteroatoms. The molecule has 2 saturated carbocycles. The average molecular weight is 579 g/mol. The third-order valence-electron chi connectivity index (χ3n) is 9.68. The van der Waals surface area contributed by atoms with Gasteiger partial charge in [0.1, 0.15) is 0 Å². The van der Waals surface area contributed by atoms with E-state index in [1.807, 2.05) is 13.0 Å². The molecule has 0 atom stereocenters. The van der Waals surface area contributed by atoms with Crippen LogP contribution in [0.15, 0.2) is 61.2 Å². The highest BCUT2D eigenvalue weighted by Crippen LogP contribution is 2.45. The first-order valence-electron chi connectivity index (χ1n) is 15.7. The highest BCUT2D eigenvalue weighted by Gasteiger charge is 2.32. The lowest BCUT2D eigenvalue weighted by atomic mass is 9.68. The maximum absolute atomic E-state index is 15.4.